The number of furan rings is 1. The van der Waals surface area contributed by atoms with Crippen molar-refractivity contribution in [3.8, 4) is 17.3 Å². The Bertz CT molecular complexity index is 858. The van der Waals surface area contributed by atoms with Crippen LogP contribution < -0.4 is 5.32 Å². The minimum Gasteiger partial charge on any atom is -0.506 e. The summed E-state index contributed by atoms with van der Waals surface area (Å²) in [6.45, 7) is 1.89. The topological polar surface area (TPSA) is 93.2 Å². The highest BCUT2D eigenvalue weighted by Crippen LogP contribution is 2.25. The molecule has 1 amide bonds. The third kappa shape index (κ3) is 3.43. The van der Waals surface area contributed by atoms with Crippen LogP contribution in [0.25, 0.3) is 11.6 Å². The van der Waals surface area contributed by atoms with Gasteiger partial charge in [-0.15, -0.1) is 10.2 Å². The molecule has 3 rings (SSSR count). The van der Waals surface area contributed by atoms with Crippen LogP contribution in [0.4, 0.5) is 5.69 Å². The molecule has 0 aliphatic rings. The standard InChI is InChI=1S/C16H16N4O3S/c1-10-5-6-12(21)11(8-10)17-14(22)9-24-16-19-18-15(20(16)2)13-4-3-7-23-13/h3-8,21H,9H2,1-2H3,(H,17,22). The van der Waals surface area contributed by atoms with E-state index in [-0.39, 0.29) is 17.4 Å². The molecule has 0 saturated carbocycles. The van der Waals surface area contributed by atoms with Crippen LogP contribution in [-0.4, -0.2) is 31.5 Å². The van der Waals surface area contributed by atoms with Crippen molar-refractivity contribution in [1.29, 1.82) is 0 Å². The fraction of sp³-hybridized carbons (Fsp3) is 0.188. The van der Waals surface area contributed by atoms with Crippen molar-refractivity contribution >= 4 is 23.4 Å². The largest absolute Gasteiger partial charge is 0.506 e. The van der Waals surface area contributed by atoms with Crippen molar-refractivity contribution in [2.24, 2.45) is 7.05 Å². The SMILES string of the molecule is Cc1ccc(O)c(NC(=O)CSc2nnc(-c3ccco3)n2C)c1. The van der Waals surface area contributed by atoms with E-state index in [1.807, 2.05) is 14.0 Å². The Morgan fingerprint density at radius 3 is 2.96 bits per heavy atom. The van der Waals surface area contributed by atoms with E-state index < -0.39 is 0 Å². The predicted octanol–water partition coefficient (Wildman–Crippen LogP) is 2.82. The first-order chi connectivity index (χ1) is 11.5. The second-order valence-electron chi connectivity index (χ2n) is 5.20. The van der Waals surface area contributed by atoms with Crippen LogP contribution in [0.3, 0.4) is 0 Å². The van der Waals surface area contributed by atoms with Gasteiger partial charge in [0.25, 0.3) is 0 Å². The zero-order chi connectivity index (χ0) is 17.1. The number of carbonyl (C=O) groups excluding carboxylic acids is 1. The normalized spacial score (nSPS) is 10.8. The van der Waals surface area contributed by atoms with E-state index in [1.54, 1.807) is 41.2 Å². The van der Waals surface area contributed by atoms with Gasteiger partial charge >= 0.3 is 0 Å². The summed E-state index contributed by atoms with van der Waals surface area (Å²) >= 11 is 1.26. The van der Waals surface area contributed by atoms with Crippen LogP contribution in [0, 0.1) is 6.92 Å². The van der Waals surface area contributed by atoms with E-state index in [0.29, 0.717) is 22.4 Å². The molecule has 8 heteroatoms. The summed E-state index contributed by atoms with van der Waals surface area (Å²) in [7, 11) is 1.81. The lowest BCUT2D eigenvalue weighted by Crippen LogP contribution is -2.14. The highest BCUT2D eigenvalue weighted by atomic mass is 32.2. The van der Waals surface area contributed by atoms with Gasteiger partial charge in [-0.1, -0.05) is 17.8 Å². The zero-order valence-corrected chi connectivity index (χ0v) is 14.0. The molecule has 0 atom stereocenters. The van der Waals surface area contributed by atoms with Crippen LogP contribution in [0.1, 0.15) is 5.56 Å². The Morgan fingerprint density at radius 2 is 2.21 bits per heavy atom. The molecular formula is C16H16N4O3S. The van der Waals surface area contributed by atoms with Crippen molar-refractivity contribution in [1.82, 2.24) is 14.8 Å². The maximum atomic E-state index is 12.1. The maximum Gasteiger partial charge on any atom is 0.234 e. The number of amides is 1. The molecule has 1 aromatic carbocycles. The van der Waals surface area contributed by atoms with Gasteiger partial charge in [0.1, 0.15) is 5.75 Å². The summed E-state index contributed by atoms with van der Waals surface area (Å²) in [5.41, 5.74) is 1.35. The number of phenolic OH excluding ortho intramolecular Hbond substituents is 1. The van der Waals surface area contributed by atoms with Crippen molar-refractivity contribution < 1.29 is 14.3 Å². The van der Waals surface area contributed by atoms with E-state index in [2.05, 4.69) is 15.5 Å². The lowest BCUT2D eigenvalue weighted by molar-refractivity contribution is -0.113. The fourth-order valence-electron chi connectivity index (χ4n) is 2.13. The Kier molecular flexibility index (Phi) is 4.57. The smallest absolute Gasteiger partial charge is 0.234 e. The Labute approximate surface area is 142 Å². The lowest BCUT2D eigenvalue weighted by Gasteiger charge is -2.08. The second kappa shape index (κ2) is 6.79. The highest BCUT2D eigenvalue weighted by Gasteiger charge is 2.15. The molecular weight excluding hydrogens is 328 g/mol. The number of hydrogen-bond acceptors (Lipinski definition) is 6. The number of nitrogens with zero attached hydrogens (tertiary/aromatic N) is 3. The number of aryl methyl sites for hydroxylation is 1. The van der Waals surface area contributed by atoms with E-state index in [0.717, 1.165) is 5.56 Å². The molecule has 0 aliphatic heterocycles. The van der Waals surface area contributed by atoms with Gasteiger partial charge in [-0.25, -0.2) is 0 Å². The van der Waals surface area contributed by atoms with Crippen LogP contribution in [0.5, 0.6) is 5.75 Å². The minimum absolute atomic E-state index is 0.0395. The number of nitrogens with one attached hydrogen (secondary N) is 1. The third-order valence-corrected chi connectivity index (χ3v) is 4.36. The summed E-state index contributed by atoms with van der Waals surface area (Å²) in [6, 6.07) is 8.62. The van der Waals surface area contributed by atoms with Crippen LogP contribution >= 0.6 is 11.8 Å². The molecule has 0 unspecified atom stereocenters. The molecule has 24 heavy (non-hydrogen) atoms. The molecule has 0 bridgehead atoms. The fourth-order valence-corrected chi connectivity index (χ4v) is 2.84. The molecule has 2 heterocycles. The maximum absolute atomic E-state index is 12.1. The average molecular weight is 344 g/mol. The van der Waals surface area contributed by atoms with Crippen molar-refractivity contribution in [3.05, 3.63) is 42.2 Å². The summed E-state index contributed by atoms with van der Waals surface area (Å²) in [4.78, 5) is 12.1. The molecule has 3 aromatic rings. The molecule has 2 N–H and O–H groups in total. The van der Waals surface area contributed by atoms with E-state index in [9.17, 15) is 9.90 Å². The number of rotatable bonds is 5. The van der Waals surface area contributed by atoms with E-state index >= 15 is 0 Å². The number of thioether (sulfide) groups is 1. The van der Waals surface area contributed by atoms with Crippen LogP contribution in [0.2, 0.25) is 0 Å². The van der Waals surface area contributed by atoms with Crippen molar-refractivity contribution in [2.75, 3.05) is 11.1 Å². The first kappa shape index (κ1) is 16.1. The Balaban J connectivity index is 1.64. The number of carbonyl (C=O) groups is 1. The predicted molar refractivity (Wildman–Crippen MR) is 90.9 cm³/mol. The third-order valence-electron chi connectivity index (χ3n) is 3.33. The number of phenols is 1. The first-order valence-corrected chi connectivity index (χ1v) is 8.18. The van der Waals surface area contributed by atoms with Crippen LogP contribution in [0.15, 0.2) is 46.2 Å². The van der Waals surface area contributed by atoms with Crippen molar-refractivity contribution in [3.63, 3.8) is 0 Å². The lowest BCUT2D eigenvalue weighted by atomic mass is 10.2. The number of aromatic nitrogens is 3. The number of anilines is 1. The van der Waals surface area contributed by atoms with Crippen LogP contribution in [-0.2, 0) is 11.8 Å². The summed E-state index contributed by atoms with van der Waals surface area (Å²) in [6.07, 6.45) is 1.57. The van der Waals surface area contributed by atoms with Gasteiger partial charge in [-0.2, -0.15) is 0 Å². The van der Waals surface area contributed by atoms with Gasteiger partial charge in [0.2, 0.25) is 5.91 Å². The summed E-state index contributed by atoms with van der Waals surface area (Å²) in [5.74, 6) is 1.17. The van der Waals surface area contributed by atoms with E-state index in [4.69, 9.17) is 4.42 Å². The molecule has 0 fully saturated rings. The highest BCUT2D eigenvalue weighted by molar-refractivity contribution is 7.99. The van der Waals surface area contributed by atoms with Gasteiger partial charge in [0.15, 0.2) is 16.7 Å². The van der Waals surface area contributed by atoms with Crippen molar-refractivity contribution in [2.45, 2.75) is 12.1 Å². The zero-order valence-electron chi connectivity index (χ0n) is 13.2. The quantitative estimate of drug-likeness (QED) is 0.546. The van der Waals surface area contributed by atoms with E-state index in [1.165, 1.54) is 11.8 Å². The summed E-state index contributed by atoms with van der Waals surface area (Å²) < 4.78 is 7.07. The van der Waals surface area contributed by atoms with Gasteiger partial charge in [-0.05, 0) is 36.8 Å². The summed E-state index contributed by atoms with van der Waals surface area (Å²) in [5, 5.41) is 21.2. The molecule has 0 aliphatic carbocycles. The van der Waals surface area contributed by atoms with Gasteiger partial charge in [-0.3, -0.25) is 4.79 Å². The minimum atomic E-state index is -0.233. The Hall–Kier alpha value is -2.74. The van der Waals surface area contributed by atoms with Gasteiger partial charge in [0.05, 0.1) is 17.7 Å². The molecule has 0 radical (unpaired) electrons. The molecule has 0 spiro atoms. The molecule has 124 valence electrons. The van der Waals surface area contributed by atoms with Gasteiger partial charge < -0.3 is 19.4 Å². The first-order valence-electron chi connectivity index (χ1n) is 7.20. The Morgan fingerprint density at radius 1 is 1.38 bits per heavy atom. The number of aromatic hydroxyl groups is 1. The number of benzene rings is 1. The molecule has 0 saturated heterocycles. The number of hydrogen-bond donors (Lipinski definition) is 2. The molecule has 2 aromatic heterocycles. The average Bonchev–Trinajstić information content (AvgIpc) is 3.18. The monoisotopic (exact) mass is 344 g/mol. The van der Waals surface area contributed by atoms with Gasteiger partial charge in [0, 0.05) is 7.05 Å². The second-order valence-corrected chi connectivity index (χ2v) is 6.14. The molecule has 7 nitrogen and oxygen atoms in total.